The van der Waals surface area contributed by atoms with Crippen molar-refractivity contribution >= 4 is 17.6 Å². The summed E-state index contributed by atoms with van der Waals surface area (Å²) in [5.41, 5.74) is 0. The molecule has 0 aromatic carbocycles. The number of rotatable bonds is 2. The van der Waals surface area contributed by atoms with Crippen molar-refractivity contribution in [2.24, 2.45) is 0 Å². The fourth-order valence-corrected chi connectivity index (χ4v) is 2.30. The summed E-state index contributed by atoms with van der Waals surface area (Å²) < 4.78 is 0. The van der Waals surface area contributed by atoms with Crippen LogP contribution in [0.4, 0.5) is 0 Å². The molecule has 0 aromatic rings. The summed E-state index contributed by atoms with van der Waals surface area (Å²) in [6, 6.07) is 0. The van der Waals surface area contributed by atoms with Crippen molar-refractivity contribution in [3.63, 3.8) is 0 Å². The van der Waals surface area contributed by atoms with E-state index in [0.717, 1.165) is 31.8 Å². The molecule has 1 N–H and O–H groups in total. The van der Waals surface area contributed by atoms with Gasteiger partial charge < -0.3 is 4.90 Å². The van der Waals surface area contributed by atoms with Gasteiger partial charge in [-0.3, -0.25) is 5.41 Å². The van der Waals surface area contributed by atoms with Crippen molar-refractivity contribution in [2.75, 3.05) is 24.6 Å². The largest absolute Gasteiger partial charge is 0.360 e. The molecule has 3 heteroatoms. The first-order valence-corrected chi connectivity index (χ1v) is 5.90. The maximum Gasteiger partial charge on any atom is 0.0957 e. The minimum atomic E-state index is 0.847. The van der Waals surface area contributed by atoms with Crippen LogP contribution in [0, 0.1) is 5.41 Å². The van der Waals surface area contributed by atoms with Gasteiger partial charge in [-0.25, -0.2) is 0 Å². The van der Waals surface area contributed by atoms with Gasteiger partial charge in [-0.05, 0) is 18.6 Å². The molecule has 0 spiro atoms. The standard InChI is InChI=1S/C9H18N2S/c1-2-4-9(10)11-5-3-7-12-8-6-11/h10H,2-8H2,1H3. The van der Waals surface area contributed by atoms with Crippen molar-refractivity contribution in [3.05, 3.63) is 0 Å². The van der Waals surface area contributed by atoms with Crippen LogP contribution in [0.1, 0.15) is 26.2 Å². The van der Waals surface area contributed by atoms with E-state index in [9.17, 15) is 0 Å². The topological polar surface area (TPSA) is 27.1 Å². The molecule has 1 aliphatic heterocycles. The Kier molecular flexibility index (Phi) is 4.51. The Hall–Kier alpha value is -0.180. The van der Waals surface area contributed by atoms with Crippen molar-refractivity contribution in [2.45, 2.75) is 26.2 Å². The predicted molar refractivity (Wildman–Crippen MR) is 56.1 cm³/mol. The number of amidine groups is 1. The molecule has 0 amide bonds. The first kappa shape index (κ1) is 9.90. The van der Waals surface area contributed by atoms with Crippen molar-refractivity contribution in [1.82, 2.24) is 4.90 Å². The third kappa shape index (κ3) is 3.05. The molecule has 0 aliphatic carbocycles. The number of hydrogen-bond acceptors (Lipinski definition) is 2. The van der Waals surface area contributed by atoms with Crippen LogP contribution in [0.5, 0.6) is 0 Å². The number of nitrogens with one attached hydrogen (secondary N) is 1. The first-order chi connectivity index (χ1) is 5.84. The molecular weight excluding hydrogens is 168 g/mol. The highest BCUT2D eigenvalue weighted by Gasteiger charge is 2.10. The maximum absolute atomic E-state index is 7.80. The number of hydrogen-bond donors (Lipinski definition) is 1. The van der Waals surface area contributed by atoms with Gasteiger partial charge in [0.2, 0.25) is 0 Å². The lowest BCUT2D eigenvalue weighted by atomic mass is 10.3. The van der Waals surface area contributed by atoms with Crippen LogP contribution in [0.2, 0.25) is 0 Å². The first-order valence-electron chi connectivity index (χ1n) is 4.74. The highest BCUT2D eigenvalue weighted by atomic mass is 32.2. The van der Waals surface area contributed by atoms with Crippen LogP contribution < -0.4 is 0 Å². The zero-order chi connectivity index (χ0) is 8.81. The third-order valence-electron chi connectivity index (χ3n) is 2.09. The average molecular weight is 186 g/mol. The minimum Gasteiger partial charge on any atom is -0.360 e. The molecule has 0 unspecified atom stereocenters. The fourth-order valence-electron chi connectivity index (χ4n) is 1.41. The lowest BCUT2D eigenvalue weighted by Gasteiger charge is -2.22. The van der Waals surface area contributed by atoms with E-state index in [0.29, 0.717) is 0 Å². The number of nitrogens with zero attached hydrogens (tertiary/aromatic N) is 1. The molecule has 0 bridgehead atoms. The van der Waals surface area contributed by atoms with Crippen LogP contribution in [0.15, 0.2) is 0 Å². The van der Waals surface area contributed by atoms with E-state index in [1.165, 1.54) is 17.9 Å². The molecule has 1 aliphatic rings. The van der Waals surface area contributed by atoms with Gasteiger partial charge >= 0.3 is 0 Å². The summed E-state index contributed by atoms with van der Waals surface area (Å²) >= 11 is 2.02. The Morgan fingerprint density at radius 1 is 1.42 bits per heavy atom. The zero-order valence-electron chi connectivity index (χ0n) is 7.81. The summed E-state index contributed by atoms with van der Waals surface area (Å²) in [7, 11) is 0. The van der Waals surface area contributed by atoms with Crippen LogP contribution in [0.3, 0.4) is 0 Å². The van der Waals surface area contributed by atoms with Crippen LogP contribution >= 0.6 is 11.8 Å². The molecule has 0 saturated carbocycles. The summed E-state index contributed by atoms with van der Waals surface area (Å²) in [4.78, 5) is 2.24. The normalized spacial score (nSPS) is 18.9. The van der Waals surface area contributed by atoms with E-state index < -0.39 is 0 Å². The quantitative estimate of drug-likeness (QED) is 0.529. The van der Waals surface area contributed by atoms with E-state index >= 15 is 0 Å². The molecule has 1 rings (SSSR count). The highest BCUT2D eigenvalue weighted by molar-refractivity contribution is 7.99. The van der Waals surface area contributed by atoms with Gasteiger partial charge in [0, 0.05) is 25.3 Å². The van der Waals surface area contributed by atoms with Gasteiger partial charge in [-0.2, -0.15) is 11.8 Å². The lowest BCUT2D eigenvalue weighted by Crippen LogP contribution is -2.32. The zero-order valence-corrected chi connectivity index (χ0v) is 8.62. The second kappa shape index (κ2) is 5.46. The van der Waals surface area contributed by atoms with Gasteiger partial charge in [0.1, 0.15) is 0 Å². The van der Waals surface area contributed by atoms with E-state index in [1.807, 2.05) is 11.8 Å². The molecule has 2 nitrogen and oxygen atoms in total. The molecule has 0 radical (unpaired) electrons. The Labute approximate surface area is 79.2 Å². The lowest BCUT2D eigenvalue weighted by molar-refractivity contribution is 0.437. The van der Waals surface area contributed by atoms with Crippen molar-refractivity contribution < 1.29 is 0 Å². The van der Waals surface area contributed by atoms with Gasteiger partial charge in [-0.15, -0.1) is 0 Å². The smallest absolute Gasteiger partial charge is 0.0957 e. The molecule has 0 aromatic heterocycles. The highest BCUT2D eigenvalue weighted by Crippen LogP contribution is 2.11. The SMILES string of the molecule is CCCC(=N)N1CCCSCC1. The molecule has 1 heterocycles. The van der Waals surface area contributed by atoms with Crippen LogP contribution in [-0.4, -0.2) is 35.3 Å². The minimum absolute atomic E-state index is 0.847. The van der Waals surface area contributed by atoms with E-state index in [4.69, 9.17) is 5.41 Å². The monoisotopic (exact) mass is 186 g/mol. The molecule has 1 saturated heterocycles. The van der Waals surface area contributed by atoms with Crippen LogP contribution in [-0.2, 0) is 0 Å². The van der Waals surface area contributed by atoms with Gasteiger partial charge in [0.05, 0.1) is 5.84 Å². The molecule has 1 fully saturated rings. The maximum atomic E-state index is 7.80. The van der Waals surface area contributed by atoms with Gasteiger partial charge in [-0.1, -0.05) is 6.92 Å². The van der Waals surface area contributed by atoms with Gasteiger partial charge in [0.15, 0.2) is 0 Å². The van der Waals surface area contributed by atoms with E-state index in [2.05, 4.69) is 11.8 Å². The predicted octanol–water partition coefficient (Wildman–Crippen LogP) is 2.20. The Morgan fingerprint density at radius 3 is 3.00 bits per heavy atom. The second-order valence-corrected chi connectivity index (χ2v) is 4.37. The Bertz CT molecular complexity index is 139. The third-order valence-corrected chi connectivity index (χ3v) is 3.14. The molecule has 0 atom stereocenters. The fraction of sp³-hybridized carbons (Fsp3) is 0.889. The summed E-state index contributed by atoms with van der Waals surface area (Å²) in [5, 5.41) is 7.80. The molecular formula is C9H18N2S. The van der Waals surface area contributed by atoms with Crippen molar-refractivity contribution in [1.29, 1.82) is 5.41 Å². The second-order valence-electron chi connectivity index (χ2n) is 3.15. The van der Waals surface area contributed by atoms with Gasteiger partial charge in [0.25, 0.3) is 0 Å². The van der Waals surface area contributed by atoms with E-state index in [1.54, 1.807) is 0 Å². The van der Waals surface area contributed by atoms with Crippen LogP contribution in [0.25, 0.3) is 0 Å². The number of thioether (sulfide) groups is 1. The summed E-state index contributed by atoms with van der Waals surface area (Å²) in [6.45, 7) is 4.33. The van der Waals surface area contributed by atoms with E-state index in [-0.39, 0.29) is 0 Å². The summed E-state index contributed by atoms with van der Waals surface area (Å²) in [5.74, 6) is 3.32. The Morgan fingerprint density at radius 2 is 2.25 bits per heavy atom. The Balaban J connectivity index is 2.32. The molecule has 12 heavy (non-hydrogen) atoms. The molecule has 70 valence electrons. The summed E-state index contributed by atoms with van der Waals surface area (Å²) in [6.07, 6.45) is 3.30. The average Bonchev–Trinajstić information content (AvgIpc) is 2.32. The van der Waals surface area contributed by atoms with Crippen molar-refractivity contribution in [3.8, 4) is 0 Å².